The first-order chi connectivity index (χ1) is 17.0. The molecule has 1 saturated carbocycles. The molecule has 2 aromatic rings. The first kappa shape index (κ1) is 23.4. The molecule has 2 aromatic carbocycles. The largest absolute Gasteiger partial charge is 0.481 e. The molecule has 2 atom stereocenters. The zero-order chi connectivity index (χ0) is 24.4. The minimum atomic E-state index is -1.14. The molecule has 8 nitrogen and oxygen atoms in total. The van der Waals surface area contributed by atoms with Crippen LogP contribution in [0.4, 0.5) is 4.79 Å². The Bertz CT molecular complexity index is 1080. The fraction of sp³-hybridized carbons (Fsp3) is 0.444. The lowest BCUT2D eigenvalue weighted by Gasteiger charge is -2.37. The standard InChI is InChI=1S/C27H30N2O6/c30-24(31)17-9-10-18(15-17)28-25(32)27(11-13-34-14-12-27)29-26(33)35-16-23-21-7-3-1-5-19(21)20-6-2-4-8-22(20)23/h1-8,17-18,23H,9-16H2,(H,28,32)(H,29,33)(H,30,31)/t17-,18+/m1/s1. The van der Waals surface area contributed by atoms with Crippen LogP contribution in [0.1, 0.15) is 49.1 Å². The maximum atomic E-state index is 13.3. The van der Waals surface area contributed by atoms with E-state index in [1.807, 2.05) is 24.3 Å². The number of benzene rings is 2. The number of fused-ring (bicyclic) bond motifs is 3. The SMILES string of the molecule is O=C(NC1(C(=O)N[C@H]2CC[C@@H](C(=O)O)C2)CCOCC1)OCC1c2ccccc2-c2ccccc21. The third kappa shape index (κ3) is 4.62. The molecule has 1 saturated heterocycles. The molecule has 5 rings (SSSR count). The smallest absolute Gasteiger partial charge is 0.408 e. The summed E-state index contributed by atoms with van der Waals surface area (Å²) in [7, 11) is 0. The summed E-state index contributed by atoms with van der Waals surface area (Å²) in [5.74, 6) is -1.65. The van der Waals surface area contributed by atoms with Crippen LogP contribution in [-0.2, 0) is 19.1 Å². The third-order valence-corrected chi connectivity index (χ3v) is 7.58. The molecule has 0 aromatic heterocycles. The maximum Gasteiger partial charge on any atom is 0.408 e. The molecular weight excluding hydrogens is 448 g/mol. The van der Waals surface area contributed by atoms with Crippen LogP contribution in [0.3, 0.4) is 0 Å². The summed E-state index contributed by atoms with van der Waals surface area (Å²) in [6.07, 6.45) is 1.57. The van der Waals surface area contributed by atoms with Gasteiger partial charge in [-0.3, -0.25) is 9.59 Å². The van der Waals surface area contributed by atoms with Gasteiger partial charge >= 0.3 is 12.1 Å². The van der Waals surface area contributed by atoms with Crippen LogP contribution in [-0.4, -0.2) is 54.5 Å². The lowest BCUT2D eigenvalue weighted by Crippen LogP contribution is -2.62. The van der Waals surface area contributed by atoms with Gasteiger partial charge in [0.05, 0.1) is 5.92 Å². The quantitative estimate of drug-likeness (QED) is 0.586. The van der Waals surface area contributed by atoms with Crippen molar-refractivity contribution >= 4 is 18.0 Å². The van der Waals surface area contributed by atoms with Crippen molar-refractivity contribution in [2.75, 3.05) is 19.8 Å². The van der Waals surface area contributed by atoms with E-state index >= 15 is 0 Å². The monoisotopic (exact) mass is 478 g/mol. The summed E-state index contributed by atoms with van der Waals surface area (Å²) in [4.78, 5) is 37.5. The van der Waals surface area contributed by atoms with Gasteiger partial charge in [-0.25, -0.2) is 4.79 Å². The number of carbonyl (C=O) groups is 3. The summed E-state index contributed by atoms with van der Waals surface area (Å²) >= 11 is 0. The Balaban J connectivity index is 1.25. The first-order valence-electron chi connectivity index (χ1n) is 12.2. The van der Waals surface area contributed by atoms with E-state index in [2.05, 4.69) is 34.9 Å². The number of hydrogen-bond donors (Lipinski definition) is 3. The van der Waals surface area contributed by atoms with Crippen LogP contribution in [0.15, 0.2) is 48.5 Å². The van der Waals surface area contributed by atoms with Crippen LogP contribution in [0.2, 0.25) is 0 Å². The molecule has 0 spiro atoms. The Morgan fingerprint density at radius 1 is 0.971 bits per heavy atom. The van der Waals surface area contributed by atoms with E-state index < -0.39 is 23.5 Å². The van der Waals surface area contributed by atoms with E-state index in [9.17, 15) is 19.5 Å². The molecule has 1 aliphatic heterocycles. The second-order valence-electron chi connectivity index (χ2n) is 9.66. The Morgan fingerprint density at radius 2 is 1.60 bits per heavy atom. The number of ether oxygens (including phenoxy) is 2. The van der Waals surface area contributed by atoms with Crippen LogP contribution in [0.25, 0.3) is 11.1 Å². The van der Waals surface area contributed by atoms with Gasteiger partial charge in [0.15, 0.2) is 0 Å². The molecule has 184 valence electrons. The van der Waals surface area contributed by atoms with Crippen molar-refractivity contribution < 1.29 is 29.0 Å². The second kappa shape index (κ2) is 9.70. The van der Waals surface area contributed by atoms with Gasteiger partial charge in [-0.2, -0.15) is 0 Å². The Labute approximate surface area is 204 Å². The summed E-state index contributed by atoms with van der Waals surface area (Å²) in [6.45, 7) is 0.857. The number of alkyl carbamates (subject to hydrolysis) is 1. The molecule has 0 bridgehead atoms. The lowest BCUT2D eigenvalue weighted by atomic mass is 9.88. The van der Waals surface area contributed by atoms with Crippen LogP contribution < -0.4 is 10.6 Å². The van der Waals surface area contributed by atoms with Crippen molar-refractivity contribution in [3.63, 3.8) is 0 Å². The van der Waals surface area contributed by atoms with Gasteiger partial charge in [-0.15, -0.1) is 0 Å². The van der Waals surface area contributed by atoms with Crippen molar-refractivity contribution in [2.24, 2.45) is 5.92 Å². The summed E-state index contributed by atoms with van der Waals surface area (Å²) in [6, 6.07) is 16.0. The number of amides is 2. The Morgan fingerprint density at radius 3 is 2.20 bits per heavy atom. The molecule has 1 heterocycles. The highest BCUT2D eigenvalue weighted by Crippen LogP contribution is 2.44. The molecule has 0 radical (unpaired) electrons. The summed E-state index contributed by atoms with van der Waals surface area (Å²) in [5.41, 5.74) is 3.40. The van der Waals surface area contributed by atoms with Crippen molar-refractivity contribution in [2.45, 2.75) is 49.6 Å². The molecule has 2 fully saturated rings. The lowest BCUT2D eigenvalue weighted by molar-refractivity contribution is -0.141. The number of carboxylic acids is 1. The summed E-state index contributed by atoms with van der Waals surface area (Å²) in [5, 5.41) is 15.1. The molecular formula is C27H30N2O6. The van der Waals surface area contributed by atoms with Crippen molar-refractivity contribution in [1.82, 2.24) is 10.6 Å². The number of nitrogens with one attached hydrogen (secondary N) is 2. The zero-order valence-corrected chi connectivity index (χ0v) is 19.5. The van der Waals surface area contributed by atoms with Gasteiger partial charge in [0.25, 0.3) is 0 Å². The number of aliphatic carboxylic acids is 1. The first-order valence-corrected chi connectivity index (χ1v) is 12.2. The maximum absolute atomic E-state index is 13.3. The fourth-order valence-corrected chi connectivity index (χ4v) is 5.62. The molecule has 0 unspecified atom stereocenters. The topological polar surface area (TPSA) is 114 Å². The highest BCUT2D eigenvalue weighted by molar-refractivity contribution is 5.90. The zero-order valence-electron chi connectivity index (χ0n) is 19.5. The van der Waals surface area contributed by atoms with Gasteiger partial charge in [-0.05, 0) is 41.5 Å². The number of rotatable bonds is 6. The van der Waals surface area contributed by atoms with Gasteiger partial charge in [-0.1, -0.05) is 48.5 Å². The van der Waals surface area contributed by atoms with Gasteiger partial charge in [0, 0.05) is 38.0 Å². The molecule has 2 amide bonds. The van der Waals surface area contributed by atoms with Crippen molar-refractivity contribution in [1.29, 1.82) is 0 Å². The fourth-order valence-electron chi connectivity index (χ4n) is 5.62. The van der Waals surface area contributed by atoms with Gasteiger partial charge < -0.3 is 25.2 Å². The third-order valence-electron chi connectivity index (χ3n) is 7.58. The van der Waals surface area contributed by atoms with E-state index in [0.717, 1.165) is 22.3 Å². The molecule has 3 aliphatic rings. The predicted molar refractivity (Wildman–Crippen MR) is 128 cm³/mol. The number of carboxylic acid groups (broad SMARTS) is 1. The Kier molecular flexibility index (Phi) is 6.47. The Hall–Kier alpha value is -3.39. The average molecular weight is 479 g/mol. The van der Waals surface area contributed by atoms with Crippen LogP contribution in [0.5, 0.6) is 0 Å². The van der Waals surface area contributed by atoms with E-state index in [0.29, 0.717) is 45.3 Å². The van der Waals surface area contributed by atoms with E-state index in [4.69, 9.17) is 9.47 Å². The van der Waals surface area contributed by atoms with Gasteiger partial charge in [0.1, 0.15) is 12.1 Å². The van der Waals surface area contributed by atoms with Crippen molar-refractivity contribution in [3.05, 3.63) is 59.7 Å². The minimum Gasteiger partial charge on any atom is -0.481 e. The predicted octanol–water partition coefficient (Wildman–Crippen LogP) is 3.44. The van der Waals surface area contributed by atoms with E-state index in [-0.39, 0.29) is 24.5 Å². The normalized spacial score (nSPS) is 22.6. The highest BCUT2D eigenvalue weighted by atomic mass is 16.5. The van der Waals surface area contributed by atoms with Crippen molar-refractivity contribution in [3.8, 4) is 11.1 Å². The number of hydrogen-bond acceptors (Lipinski definition) is 5. The molecule has 3 N–H and O–H groups in total. The highest BCUT2D eigenvalue weighted by Gasteiger charge is 2.44. The van der Waals surface area contributed by atoms with Crippen LogP contribution >= 0.6 is 0 Å². The number of carbonyl (C=O) groups excluding carboxylic acids is 2. The minimum absolute atomic E-state index is 0.0703. The average Bonchev–Trinajstić information content (AvgIpc) is 3.46. The molecule has 8 heteroatoms. The summed E-state index contributed by atoms with van der Waals surface area (Å²) < 4.78 is 11.1. The van der Waals surface area contributed by atoms with E-state index in [1.165, 1.54) is 0 Å². The molecule has 35 heavy (non-hydrogen) atoms. The van der Waals surface area contributed by atoms with Crippen LogP contribution in [0, 0.1) is 5.92 Å². The van der Waals surface area contributed by atoms with Gasteiger partial charge in [0.2, 0.25) is 5.91 Å². The second-order valence-corrected chi connectivity index (χ2v) is 9.66. The molecule has 2 aliphatic carbocycles. The van der Waals surface area contributed by atoms with E-state index in [1.54, 1.807) is 0 Å².